The first-order chi connectivity index (χ1) is 16.0. The fourth-order valence-corrected chi connectivity index (χ4v) is 3.45. The summed E-state index contributed by atoms with van der Waals surface area (Å²) in [5.41, 5.74) is 2.27. The van der Waals surface area contributed by atoms with E-state index in [2.05, 4.69) is 0 Å². The Morgan fingerprint density at radius 3 is 2.00 bits per heavy atom. The van der Waals surface area contributed by atoms with E-state index < -0.39 is 5.97 Å². The first-order valence-electron chi connectivity index (χ1n) is 10.1. The van der Waals surface area contributed by atoms with Gasteiger partial charge in [0, 0.05) is 17.2 Å². The van der Waals surface area contributed by atoms with Crippen LogP contribution in [-0.4, -0.2) is 31.8 Å². The second-order valence-corrected chi connectivity index (χ2v) is 7.20. The number of hydrogen-bond donors (Lipinski definition) is 0. The first-order valence-corrected chi connectivity index (χ1v) is 10.1. The lowest BCUT2D eigenvalue weighted by atomic mass is 10.1. The van der Waals surface area contributed by atoms with Crippen molar-refractivity contribution in [1.82, 2.24) is 0 Å². The monoisotopic (exact) mass is 440 g/mol. The summed E-state index contributed by atoms with van der Waals surface area (Å²) in [7, 11) is 3.03. The van der Waals surface area contributed by atoms with Gasteiger partial charge >= 0.3 is 5.97 Å². The standard InChI is InChI=1S/C27H20O6/c1-31-19-11-7-17(8-12-19)10-14-25(28)33-23-13-9-18(16-24(23)32-2)15-22-26(29)20-5-3-4-6-21(20)27(22)30/h3-16H,1-2H3/b14-10+. The number of fused-ring (bicyclic) bond motifs is 1. The molecule has 0 saturated carbocycles. The predicted octanol–water partition coefficient (Wildman–Crippen LogP) is 4.79. The molecule has 0 fully saturated rings. The Hall–Kier alpha value is -4.45. The predicted molar refractivity (Wildman–Crippen MR) is 124 cm³/mol. The second kappa shape index (κ2) is 9.36. The average molecular weight is 440 g/mol. The lowest BCUT2D eigenvalue weighted by Gasteiger charge is -2.09. The average Bonchev–Trinajstić information content (AvgIpc) is 3.09. The van der Waals surface area contributed by atoms with Crippen LogP contribution in [0.25, 0.3) is 12.2 Å². The number of benzene rings is 3. The lowest BCUT2D eigenvalue weighted by Crippen LogP contribution is -2.05. The molecule has 0 unspecified atom stereocenters. The molecule has 164 valence electrons. The fraction of sp³-hybridized carbons (Fsp3) is 0.0741. The summed E-state index contributed by atoms with van der Waals surface area (Å²) in [5.74, 6) is 0.0380. The maximum Gasteiger partial charge on any atom is 0.336 e. The maximum atomic E-state index is 12.6. The van der Waals surface area contributed by atoms with Crippen molar-refractivity contribution >= 4 is 29.7 Å². The molecule has 6 nitrogen and oxygen atoms in total. The van der Waals surface area contributed by atoms with Crippen molar-refractivity contribution in [3.05, 3.63) is 101 Å². The van der Waals surface area contributed by atoms with E-state index in [1.165, 1.54) is 19.3 Å². The van der Waals surface area contributed by atoms with Crippen LogP contribution in [0.1, 0.15) is 31.8 Å². The van der Waals surface area contributed by atoms with E-state index in [1.807, 2.05) is 12.1 Å². The number of hydrogen-bond acceptors (Lipinski definition) is 6. The lowest BCUT2D eigenvalue weighted by molar-refractivity contribution is -0.129. The highest BCUT2D eigenvalue weighted by Gasteiger charge is 2.32. The van der Waals surface area contributed by atoms with E-state index >= 15 is 0 Å². The summed E-state index contributed by atoms with van der Waals surface area (Å²) < 4.78 is 15.8. The fourth-order valence-electron chi connectivity index (χ4n) is 3.45. The smallest absolute Gasteiger partial charge is 0.336 e. The minimum absolute atomic E-state index is 0.0884. The molecule has 0 aromatic heterocycles. The number of carbonyl (C=O) groups excluding carboxylic acids is 3. The van der Waals surface area contributed by atoms with Gasteiger partial charge in [0.25, 0.3) is 0 Å². The molecule has 0 heterocycles. The Bertz CT molecular complexity index is 1260. The van der Waals surface area contributed by atoms with Crippen LogP contribution in [-0.2, 0) is 4.79 Å². The van der Waals surface area contributed by atoms with Gasteiger partial charge < -0.3 is 14.2 Å². The van der Waals surface area contributed by atoms with Gasteiger partial charge in [0.1, 0.15) is 5.75 Å². The number of ketones is 2. The summed E-state index contributed by atoms with van der Waals surface area (Å²) in [6.45, 7) is 0. The van der Waals surface area contributed by atoms with Crippen molar-refractivity contribution in [1.29, 1.82) is 0 Å². The van der Waals surface area contributed by atoms with Crippen molar-refractivity contribution < 1.29 is 28.6 Å². The van der Waals surface area contributed by atoms with Gasteiger partial charge in [0.2, 0.25) is 0 Å². The molecular weight excluding hydrogens is 420 g/mol. The maximum absolute atomic E-state index is 12.6. The second-order valence-electron chi connectivity index (χ2n) is 7.20. The van der Waals surface area contributed by atoms with Gasteiger partial charge in [-0.1, -0.05) is 42.5 Å². The van der Waals surface area contributed by atoms with Crippen molar-refractivity contribution in [2.24, 2.45) is 0 Å². The van der Waals surface area contributed by atoms with Crippen molar-refractivity contribution in [2.45, 2.75) is 0 Å². The molecule has 3 aromatic rings. The molecule has 0 aliphatic heterocycles. The highest BCUT2D eigenvalue weighted by molar-refractivity contribution is 6.41. The van der Waals surface area contributed by atoms with Gasteiger partial charge in [-0.3, -0.25) is 9.59 Å². The molecule has 0 atom stereocenters. The third-order valence-electron chi connectivity index (χ3n) is 5.14. The quantitative estimate of drug-likeness (QED) is 0.237. The third-order valence-corrected chi connectivity index (χ3v) is 5.14. The van der Waals surface area contributed by atoms with Crippen LogP contribution in [0.4, 0.5) is 0 Å². The third kappa shape index (κ3) is 4.60. The molecule has 6 heteroatoms. The van der Waals surface area contributed by atoms with E-state index in [0.29, 0.717) is 22.4 Å². The Morgan fingerprint density at radius 1 is 0.758 bits per heavy atom. The number of rotatable bonds is 6. The van der Waals surface area contributed by atoms with Crippen LogP contribution in [0.5, 0.6) is 17.2 Å². The Balaban J connectivity index is 1.51. The Kier molecular flexibility index (Phi) is 6.17. The largest absolute Gasteiger partial charge is 0.497 e. The zero-order valence-electron chi connectivity index (χ0n) is 18.0. The number of ether oxygens (including phenoxy) is 3. The zero-order chi connectivity index (χ0) is 23.4. The normalized spacial score (nSPS) is 12.6. The first kappa shape index (κ1) is 21.8. The number of carbonyl (C=O) groups is 3. The highest BCUT2D eigenvalue weighted by Crippen LogP contribution is 2.32. The molecule has 4 rings (SSSR count). The molecule has 0 saturated heterocycles. The van der Waals surface area contributed by atoms with E-state index in [9.17, 15) is 14.4 Å². The van der Waals surface area contributed by atoms with E-state index in [4.69, 9.17) is 14.2 Å². The molecule has 0 spiro atoms. The van der Waals surface area contributed by atoms with Gasteiger partial charge in [0.15, 0.2) is 23.1 Å². The summed E-state index contributed by atoms with van der Waals surface area (Å²) >= 11 is 0. The van der Waals surface area contributed by atoms with Gasteiger partial charge in [-0.15, -0.1) is 0 Å². The molecule has 0 amide bonds. The Morgan fingerprint density at radius 2 is 1.39 bits per heavy atom. The Labute approximate surface area is 190 Å². The van der Waals surface area contributed by atoms with Crippen LogP contribution >= 0.6 is 0 Å². The molecular formula is C27H20O6. The molecule has 0 radical (unpaired) electrons. The van der Waals surface area contributed by atoms with Crippen molar-refractivity contribution in [3.63, 3.8) is 0 Å². The van der Waals surface area contributed by atoms with E-state index in [0.717, 1.165) is 11.3 Å². The number of allylic oxidation sites excluding steroid dienone is 1. The van der Waals surface area contributed by atoms with E-state index in [-0.39, 0.29) is 22.9 Å². The van der Waals surface area contributed by atoms with Crippen molar-refractivity contribution in [3.8, 4) is 17.2 Å². The minimum atomic E-state index is -0.577. The van der Waals surface area contributed by atoms with Crippen LogP contribution < -0.4 is 14.2 Å². The SMILES string of the molecule is COc1ccc(/C=C/C(=O)Oc2ccc(C=C3C(=O)c4ccccc4C3=O)cc2OC)cc1. The number of methoxy groups -OCH3 is 2. The summed E-state index contributed by atoms with van der Waals surface area (Å²) in [4.78, 5) is 37.5. The molecule has 1 aliphatic carbocycles. The number of esters is 1. The molecule has 1 aliphatic rings. The summed E-state index contributed by atoms with van der Waals surface area (Å²) in [5, 5.41) is 0. The van der Waals surface area contributed by atoms with Gasteiger partial charge in [-0.25, -0.2) is 4.79 Å². The van der Waals surface area contributed by atoms with E-state index in [1.54, 1.807) is 67.8 Å². The molecule has 33 heavy (non-hydrogen) atoms. The number of Topliss-reactive ketones (excluding diaryl/α,β-unsaturated/α-hetero) is 2. The topological polar surface area (TPSA) is 78.9 Å². The van der Waals surface area contributed by atoms with Crippen LogP contribution in [0.2, 0.25) is 0 Å². The van der Waals surface area contributed by atoms with Crippen molar-refractivity contribution in [2.75, 3.05) is 14.2 Å². The molecule has 0 N–H and O–H groups in total. The van der Waals surface area contributed by atoms with Crippen LogP contribution in [0.15, 0.2) is 78.4 Å². The van der Waals surface area contributed by atoms with Gasteiger partial charge in [-0.2, -0.15) is 0 Å². The minimum Gasteiger partial charge on any atom is -0.497 e. The van der Waals surface area contributed by atoms with Crippen LogP contribution in [0.3, 0.4) is 0 Å². The van der Waals surface area contributed by atoms with Gasteiger partial charge in [-0.05, 0) is 47.5 Å². The molecule has 0 bridgehead atoms. The zero-order valence-corrected chi connectivity index (χ0v) is 18.0. The molecule has 3 aromatic carbocycles. The van der Waals surface area contributed by atoms with Crippen LogP contribution in [0, 0.1) is 0 Å². The summed E-state index contributed by atoms with van der Waals surface area (Å²) in [6.07, 6.45) is 4.45. The summed E-state index contributed by atoms with van der Waals surface area (Å²) in [6, 6.07) is 18.7. The van der Waals surface area contributed by atoms with Gasteiger partial charge in [0.05, 0.1) is 19.8 Å². The highest BCUT2D eigenvalue weighted by atomic mass is 16.6.